The van der Waals surface area contributed by atoms with E-state index < -0.39 is 0 Å². The first kappa shape index (κ1) is 10.2. The van der Waals surface area contributed by atoms with Gasteiger partial charge in [-0.15, -0.1) is 11.3 Å². The van der Waals surface area contributed by atoms with E-state index in [4.69, 9.17) is 0 Å². The summed E-state index contributed by atoms with van der Waals surface area (Å²) in [7, 11) is 0. The van der Waals surface area contributed by atoms with Gasteiger partial charge in [0.2, 0.25) is 0 Å². The van der Waals surface area contributed by atoms with Crippen molar-refractivity contribution in [3.8, 4) is 0 Å². The molecule has 0 unspecified atom stereocenters. The van der Waals surface area contributed by atoms with Crippen molar-refractivity contribution in [2.45, 2.75) is 45.7 Å². The van der Waals surface area contributed by atoms with E-state index in [2.05, 4.69) is 30.6 Å². The van der Waals surface area contributed by atoms with Crippen LogP contribution >= 0.6 is 11.3 Å². The Balaban J connectivity index is 1.80. The van der Waals surface area contributed by atoms with Gasteiger partial charge in [-0.25, -0.2) is 0 Å². The van der Waals surface area contributed by atoms with Gasteiger partial charge in [0.15, 0.2) is 0 Å². The lowest BCUT2D eigenvalue weighted by Crippen LogP contribution is -2.39. The highest BCUT2D eigenvalue weighted by Gasteiger charge is 2.24. The van der Waals surface area contributed by atoms with Gasteiger partial charge in [0.25, 0.3) is 0 Å². The fourth-order valence-corrected chi connectivity index (χ4v) is 3.07. The standard InChI is InChI=1S/C12H19NS/c1-3-10-4-5-14-12(10)8-13-11-6-9(2)7-11/h4-5,9,11,13H,3,6-8H2,1-2H3. The summed E-state index contributed by atoms with van der Waals surface area (Å²) in [6.45, 7) is 5.65. The molecule has 0 spiro atoms. The Hall–Kier alpha value is -0.340. The van der Waals surface area contributed by atoms with Crippen LogP contribution in [0.5, 0.6) is 0 Å². The molecular weight excluding hydrogens is 190 g/mol. The Morgan fingerprint density at radius 3 is 2.93 bits per heavy atom. The molecule has 1 N–H and O–H groups in total. The van der Waals surface area contributed by atoms with Crippen molar-refractivity contribution in [3.05, 3.63) is 21.9 Å². The number of aryl methyl sites for hydroxylation is 1. The van der Waals surface area contributed by atoms with Crippen LogP contribution in [0.15, 0.2) is 11.4 Å². The van der Waals surface area contributed by atoms with Crippen molar-refractivity contribution in [2.75, 3.05) is 0 Å². The second-order valence-corrected chi connectivity index (χ2v) is 5.38. The normalized spacial score (nSPS) is 26.1. The quantitative estimate of drug-likeness (QED) is 0.803. The summed E-state index contributed by atoms with van der Waals surface area (Å²) in [4.78, 5) is 1.53. The molecule has 0 radical (unpaired) electrons. The third-order valence-corrected chi connectivity index (χ3v) is 4.11. The zero-order valence-electron chi connectivity index (χ0n) is 9.05. The van der Waals surface area contributed by atoms with Gasteiger partial charge in [0.1, 0.15) is 0 Å². The minimum atomic E-state index is 0.789. The first-order chi connectivity index (χ1) is 6.79. The molecule has 1 aromatic rings. The molecule has 0 aromatic carbocycles. The third-order valence-electron chi connectivity index (χ3n) is 3.14. The van der Waals surface area contributed by atoms with Crippen LogP contribution in [0, 0.1) is 5.92 Å². The first-order valence-electron chi connectivity index (χ1n) is 5.58. The van der Waals surface area contributed by atoms with Crippen LogP contribution < -0.4 is 5.32 Å². The molecule has 1 nitrogen and oxygen atoms in total. The molecule has 2 heteroatoms. The fraction of sp³-hybridized carbons (Fsp3) is 0.667. The van der Waals surface area contributed by atoms with Crippen LogP contribution in [0.25, 0.3) is 0 Å². The van der Waals surface area contributed by atoms with Crippen LogP contribution in [-0.2, 0) is 13.0 Å². The maximum atomic E-state index is 3.64. The zero-order chi connectivity index (χ0) is 9.97. The highest BCUT2D eigenvalue weighted by molar-refractivity contribution is 7.10. The number of nitrogens with one attached hydrogen (secondary N) is 1. The molecule has 0 aliphatic heterocycles. The molecule has 0 saturated heterocycles. The second-order valence-electron chi connectivity index (χ2n) is 4.38. The van der Waals surface area contributed by atoms with E-state index in [1.807, 2.05) is 11.3 Å². The van der Waals surface area contributed by atoms with E-state index in [-0.39, 0.29) is 0 Å². The van der Waals surface area contributed by atoms with Crippen molar-refractivity contribution in [3.63, 3.8) is 0 Å². The van der Waals surface area contributed by atoms with E-state index in [1.54, 1.807) is 0 Å². The monoisotopic (exact) mass is 209 g/mol. The average Bonchev–Trinajstić information content (AvgIpc) is 2.57. The topological polar surface area (TPSA) is 12.0 Å². The summed E-state index contributed by atoms with van der Waals surface area (Å²) in [5.74, 6) is 0.946. The van der Waals surface area contributed by atoms with Gasteiger partial charge < -0.3 is 5.32 Å². The van der Waals surface area contributed by atoms with Gasteiger partial charge in [0, 0.05) is 17.5 Å². The van der Waals surface area contributed by atoms with Crippen molar-refractivity contribution in [2.24, 2.45) is 5.92 Å². The van der Waals surface area contributed by atoms with Crippen molar-refractivity contribution < 1.29 is 0 Å². The molecule has 14 heavy (non-hydrogen) atoms. The van der Waals surface area contributed by atoms with Crippen LogP contribution in [0.2, 0.25) is 0 Å². The summed E-state index contributed by atoms with van der Waals surface area (Å²) >= 11 is 1.89. The average molecular weight is 209 g/mol. The minimum absolute atomic E-state index is 0.789. The van der Waals surface area contributed by atoms with E-state index in [0.717, 1.165) is 18.5 Å². The Morgan fingerprint density at radius 1 is 1.50 bits per heavy atom. The lowest BCUT2D eigenvalue weighted by Gasteiger charge is -2.33. The summed E-state index contributed by atoms with van der Waals surface area (Å²) < 4.78 is 0. The maximum absolute atomic E-state index is 3.64. The Morgan fingerprint density at radius 2 is 2.29 bits per heavy atom. The predicted octanol–water partition coefficient (Wildman–Crippen LogP) is 3.20. The molecule has 78 valence electrons. The SMILES string of the molecule is CCc1ccsc1CNC1CC(C)C1. The second kappa shape index (κ2) is 4.45. The van der Waals surface area contributed by atoms with E-state index in [0.29, 0.717) is 0 Å². The summed E-state index contributed by atoms with van der Waals surface area (Å²) in [5.41, 5.74) is 1.52. The van der Waals surface area contributed by atoms with Crippen molar-refractivity contribution in [1.82, 2.24) is 5.32 Å². The molecule has 1 aliphatic rings. The first-order valence-corrected chi connectivity index (χ1v) is 6.46. The highest BCUT2D eigenvalue weighted by Crippen LogP contribution is 2.27. The molecule has 0 atom stereocenters. The maximum Gasteiger partial charge on any atom is 0.0305 e. The van der Waals surface area contributed by atoms with Crippen LogP contribution in [0.4, 0.5) is 0 Å². The predicted molar refractivity (Wildman–Crippen MR) is 62.7 cm³/mol. The Bertz CT molecular complexity index is 286. The molecule has 2 rings (SSSR count). The number of hydrogen-bond donors (Lipinski definition) is 1. The van der Waals surface area contributed by atoms with Gasteiger partial charge in [0.05, 0.1) is 0 Å². The van der Waals surface area contributed by atoms with E-state index in [1.165, 1.54) is 29.7 Å². The summed E-state index contributed by atoms with van der Waals surface area (Å²) in [5, 5.41) is 5.84. The van der Waals surface area contributed by atoms with Crippen LogP contribution in [0.3, 0.4) is 0 Å². The minimum Gasteiger partial charge on any atom is -0.309 e. The van der Waals surface area contributed by atoms with E-state index in [9.17, 15) is 0 Å². The lowest BCUT2D eigenvalue weighted by atomic mass is 9.82. The van der Waals surface area contributed by atoms with Crippen LogP contribution in [-0.4, -0.2) is 6.04 Å². The number of hydrogen-bond acceptors (Lipinski definition) is 2. The molecule has 1 heterocycles. The molecule has 1 fully saturated rings. The lowest BCUT2D eigenvalue weighted by molar-refractivity contribution is 0.241. The van der Waals surface area contributed by atoms with Crippen LogP contribution in [0.1, 0.15) is 37.1 Å². The molecule has 1 aromatic heterocycles. The summed E-state index contributed by atoms with van der Waals surface area (Å²) in [6, 6.07) is 3.04. The van der Waals surface area contributed by atoms with Gasteiger partial charge in [-0.1, -0.05) is 13.8 Å². The van der Waals surface area contributed by atoms with Gasteiger partial charge in [-0.3, -0.25) is 0 Å². The van der Waals surface area contributed by atoms with Gasteiger partial charge in [-0.05, 0) is 42.2 Å². The largest absolute Gasteiger partial charge is 0.309 e. The molecule has 1 aliphatic carbocycles. The third kappa shape index (κ3) is 2.18. The highest BCUT2D eigenvalue weighted by atomic mass is 32.1. The molecule has 0 amide bonds. The summed E-state index contributed by atoms with van der Waals surface area (Å²) in [6.07, 6.45) is 3.90. The smallest absolute Gasteiger partial charge is 0.0305 e. The van der Waals surface area contributed by atoms with Gasteiger partial charge in [-0.2, -0.15) is 0 Å². The van der Waals surface area contributed by atoms with Crippen molar-refractivity contribution in [1.29, 1.82) is 0 Å². The number of rotatable bonds is 4. The molecular formula is C12H19NS. The van der Waals surface area contributed by atoms with Gasteiger partial charge >= 0.3 is 0 Å². The van der Waals surface area contributed by atoms with E-state index >= 15 is 0 Å². The number of thiophene rings is 1. The Kier molecular flexibility index (Phi) is 3.24. The molecule has 1 saturated carbocycles. The molecule has 0 bridgehead atoms. The Labute approximate surface area is 90.5 Å². The zero-order valence-corrected chi connectivity index (χ0v) is 9.86. The fourth-order valence-electron chi connectivity index (χ4n) is 2.14. The van der Waals surface area contributed by atoms with Crippen molar-refractivity contribution >= 4 is 11.3 Å².